The zero-order chi connectivity index (χ0) is 19.6. The molecule has 0 saturated carbocycles. The molecular weight excluding hydrogens is 353 g/mol. The summed E-state index contributed by atoms with van der Waals surface area (Å²) >= 11 is 0. The molecule has 0 fully saturated rings. The van der Waals surface area contributed by atoms with Gasteiger partial charge in [0.25, 0.3) is 0 Å². The summed E-state index contributed by atoms with van der Waals surface area (Å²) < 4.78 is 45.6. The molecule has 10 heteroatoms. The first-order valence-electron chi connectivity index (χ1n) is 7.08. The summed E-state index contributed by atoms with van der Waals surface area (Å²) in [6, 6.07) is 4.78. The van der Waals surface area contributed by atoms with E-state index in [0.29, 0.717) is 0 Å². The Morgan fingerprint density at radius 2 is 2.00 bits per heavy atom. The van der Waals surface area contributed by atoms with Gasteiger partial charge >= 0.3 is 12.1 Å². The van der Waals surface area contributed by atoms with Gasteiger partial charge in [-0.25, -0.2) is 4.79 Å². The van der Waals surface area contributed by atoms with Crippen molar-refractivity contribution < 1.29 is 27.5 Å². The average molecular weight is 366 g/mol. The molecule has 0 atom stereocenters. The lowest BCUT2D eigenvalue weighted by atomic mass is 10.1. The molecule has 1 amide bonds. The normalized spacial score (nSPS) is 10.9. The van der Waals surface area contributed by atoms with Crippen molar-refractivity contribution in [3.8, 4) is 11.8 Å². The molecule has 0 spiro atoms. The number of methoxy groups -OCH3 is 1. The SMILES string of the molecule is COC(=O)c1c(N)c(C#N)cn1-c1ccc(NC(C)=O)c(C(F)(F)F)c1. The van der Waals surface area contributed by atoms with Gasteiger partial charge in [-0.2, -0.15) is 18.4 Å². The Kier molecular flexibility index (Phi) is 4.93. The minimum Gasteiger partial charge on any atom is -0.464 e. The van der Waals surface area contributed by atoms with Crippen LogP contribution in [0.15, 0.2) is 24.4 Å². The third-order valence-corrected chi connectivity index (χ3v) is 3.44. The molecule has 0 saturated heterocycles. The number of alkyl halides is 3. The van der Waals surface area contributed by atoms with Gasteiger partial charge in [-0.3, -0.25) is 4.79 Å². The number of esters is 1. The van der Waals surface area contributed by atoms with E-state index in [1.54, 1.807) is 6.07 Å². The number of anilines is 2. The maximum Gasteiger partial charge on any atom is 0.418 e. The van der Waals surface area contributed by atoms with Crippen molar-refractivity contribution in [2.24, 2.45) is 0 Å². The summed E-state index contributed by atoms with van der Waals surface area (Å²) in [4.78, 5) is 23.1. The second kappa shape index (κ2) is 6.79. The van der Waals surface area contributed by atoms with Crippen LogP contribution >= 0.6 is 0 Å². The lowest BCUT2D eigenvalue weighted by molar-refractivity contribution is -0.137. The van der Waals surface area contributed by atoms with Crippen LogP contribution < -0.4 is 11.1 Å². The molecule has 136 valence electrons. The summed E-state index contributed by atoms with van der Waals surface area (Å²) in [6.07, 6.45) is -3.63. The van der Waals surface area contributed by atoms with E-state index in [1.165, 1.54) is 6.07 Å². The number of nitrogens with zero attached hydrogens (tertiary/aromatic N) is 2. The fraction of sp³-hybridized carbons (Fsp3) is 0.188. The Labute approximate surface area is 145 Å². The molecule has 0 unspecified atom stereocenters. The van der Waals surface area contributed by atoms with Crippen LogP contribution in [0, 0.1) is 11.3 Å². The van der Waals surface area contributed by atoms with Gasteiger partial charge in [0.15, 0.2) is 5.69 Å². The topological polar surface area (TPSA) is 110 Å². The summed E-state index contributed by atoms with van der Waals surface area (Å²) in [7, 11) is 1.08. The second-order valence-corrected chi connectivity index (χ2v) is 5.19. The quantitative estimate of drug-likeness (QED) is 0.812. The van der Waals surface area contributed by atoms with Gasteiger partial charge in [0.1, 0.15) is 6.07 Å². The minimum atomic E-state index is -4.77. The van der Waals surface area contributed by atoms with Crippen molar-refractivity contribution in [3.63, 3.8) is 0 Å². The molecule has 1 heterocycles. The number of halogens is 3. The molecule has 0 radical (unpaired) electrons. The van der Waals surface area contributed by atoms with E-state index in [2.05, 4.69) is 10.1 Å². The van der Waals surface area contributed by atoms with Gasteiger partial charge in [-0.05, 0) is 18.2 Å². The van der Waals surface area contributed by atoms with Crippen molar-refractivity contribution in [3.05, 3.63) is 41.2 Å². The largest absolute Gasteiger partial charge is 0.464 e. The molecule has 2 rings (SSSR count). The summed E-state index contributed by atoms with van der Waals surface area (Å²) in [6.45, 7) is 1.08. The van der Waals surface area contributed by atoms with Crippen LogP contribution in [0.1, 0.15) is 28.5 Å². The number of carbonyl (C=O) groups excluding carboxylic acids is 2. The van der Waals surface area contributed by atoms with Crippen LogP contribution in [0.5, 0.6) is 0 Å². The van der Waals surface area contributed by atoms with Crippen LogP contribution in [0.4, 0.5) is 24.5 Å². The van der Waals surface area contributed by atoms with Crippen LogP contribution in [0.3, 0.4) is 0 Å². The summed E-state index contributed by atoms with van der Waals surface area (Å²) in [5.41, 5.74) is 3.51. The third-order valence-electron chi connectivity index (χ3n) is 3.44. The highest BCUT2D eigenvalue weighted by Crippen LogP contribution is 2.37. The number of aromatic nitrogens is 1. The Morgan fingerprint density at radius 1 is 1.35 bits per heavy atom. The Balaban J connectivity index is 2.72. The number of nitrogen functional groups attached to an aromatic ring is 1. The number of nitrogens with one attached hydrogen (secondary N) is 1. The number of carbonyl (C=O) groups is 2. The maximum atomic E-state index is 13.3. The zero-order valence-corrected chi connectivity index (χ0v) is 13.6. The maximum absolute atomic E-state index is 13.3. The van der Waals surface area contributed by atoms with Crippen molar-refractivity contribution in [1.29, 1.82) is 5.26 Å². The Morgan fingerprint density at radius 3 is 2.50 bits per heavy atom. The average Bonchev–Trinajstić information content (AvgIpc) is 2.89. The van der Waals surface area contributed by atoms with Crippen molar-refractivity contribution in [2.75, 3.05) is 18.2 Å². The lowest BCUT2D eigenvalue weighted by Gasteiger charge is -2.16. The van der Waals surface area contributed by atoms with E-state index in [9.17, 15) is 22.8 Å². The first-order chi connectivity index (χ1) is 12.1. The van der Waals surface area contributed by atoms with Crippen molar-refractivity contribution >= 4 is 23.3 Å². The van der Waals surface area contributed by atoms with E-state index < -0.39 is 29.3 Å². The van der Waals surface area contributed by atoms with Crippen LogP contribution in [0.25, 0.3) is 5.69 Å². The highest BCUT2D eigenvalue weighted by Gasteiger charge is 2.34. The first kappa shape index (κ1) is 18.9. The Bertz CT molecular complexity index is 926. The highest BCUT2D eigenvalue weighted by atomic mass is 19.4. The molecule has 0 aliphatic heterocycles. The molecule has 0 aliphatic rings. The number of amides is 1. The van der Waals surface area contributed by atoms with Gasteiger partial charge in [-0.15, -0.1) is 0 Å². The molecule has 1 aromatic heterocycles. The van der Waals surface area contributed by atoms with Crippen molar-refractivity contribution in [1.82, 2.24) is 4.57 Å². The van der Waals surface area contributed by atoms with E-state index in [0.717, 1.165) is 36.9 Å². The van der Waals surface area contributed by atoms with E-state index in [1.807, 2.05) is 0 Å². The zero-order valence-electron chi connectivity index (χ0n) is 13.6. The minimum absolute atomic E-state index is 0.0833. The molecule has 3 N–H and O–H groups in total. The molecular formula is C16H13F3N4O3. The van der Waals surface area contributed by atoms with Gasteiger partial charge < -0.3 is 20.4 Å². The van der Waals surface area contributed by atoms with E-state index >= 15 is 0 Å². The molecule has 1 aromatic carbocycles. The number of hydrogen-bond donors (Lipinski definition) is 2. The van der Waals surface area contributed by atoms with Gasteiger partial charge in [0.05, 0.1) is 29.6 Å². The summed E-state index contributed by atoms with van der Waals surface area (Å²) in [5, 5.41) is 11.2. The number of benzene rings is 1. The predicted molar refractivity (Wildman–Crippen MR) is 85.5 cm³/mol. The lowest BCUT2D eigenvalue weighted by Crippen LogP contribution is -2.15. The molecule has 0 aliphatic carbocycles. The van der Waals surface area contributed by atoms with Crippen LogP contribution in [0.2, 0.25) is 0 Å². The number of nitrogens with two attached hydrogens (primary N) is 1. The smallest absolute Gasteiger partial charge is 0.418 e. The number of ether oxygens (including phenoxy) is 1. The fourth-order valence-electron chi connectivity index (χ4n) is 2.33. The van der Waals surface area contributed by atoms with E-state index in [4.69, 9.17) is 11.0 Å². The van der Waals surface area contributed by atoms with E-state index in [-0.39, 0.29) is 22.6 Å². The van der Waals surface area contributed by atoms with Crippen molar-refractivity contribution in [2.45, 2.75) is 13.1 Å². The van der Waals surface area contributed by atoms with Gasteiger partial charge in [0, 0.05) is 18.8 Å². The molecule has 26 heavy (non-hydrogen) atoms. The molecule has 0 bridgehead atoms. The number of rotatable bonds is 3. The fourth-order valence-corrected chi connectivity index (χ4v) is 2.33. The van der Waals surface area contributed by atoms with Crippen LogP contribution in [-0.4, -0.2) is 23.6 Å². The Hall–Kier alpha value is -3.48. The second-order valence-electron chi connectivity index (χ2n) is 5.19. The standard InChI is InChI=1S/C16H13F3N4O3/c1-8(24)22-12-4-3-10(5-11(12)16(17,18)19)23-7-9(6-20)13(21)14(23)15(25)26-2/h3-5,7H,21H2,1-2H3,(H,22,24). The highest BCUT2D eigenvalue weighted by molar-refractivity contribution is 5.96. The number of nitriles is 1. The van der Waals surface area contributed by atoms with Gasteiger partial charge in [0.2, 0.25) is 5.91 Å². The predicted octanol–water partition coefficient (Wildman–Crippen LogP) is 2.69. The summed E-state index contributed by atoms with van der Waals surface area (Å²) in [5.74, 6) is -1.58. The first-order valence-corrected chi connectivity index (χ1v) is 7.08. The number of hydrogen-bond acceptors (Lipinski definition) is 5. The van der Waals surface area contributed by atoms with Crippen LogP contribution in [-0.2, 0) is 15.7 Å². The molecule has 2 aromatic rings. The molecule has 7 nitrogen and oxygen atoms in total. The third kappa shape index (κ3) is 3.46. The monoisotopic (exact) mass is 366 g/mol. The van der Waals surface area contributed by atoms with Gasteiger partial charge in [-0.1, -0.05) is 0 Å².